The molecule has 4 nitrogen and oxygen atoms in total. The zero-order valence-electron chi connectivity index (χ0n) is 18.7. The lowest BCUT2D eigenvalue weighted by atomic mass is 10.0. The van der Waals surface area contributed by atoms with Gasteiger partial charge in [0.1, 0.15) is 6.04 Å². The molecular formula is C25H33ClN2O2. The van der Waals surface area contributed by atoms with Crippen LogP contribution >= 0.6 is 11.6 Å². The van der Waals surface area contributed by atoms with Crippen molar-refractivity contribution in [2.75, 3.05) is 6.54 Å². The van der Waals surface area contributed by atoms with Crippen LogP contribution in [-0.2, 0) is 22.6 Å². The SMILES string of the molecule is CC[C@@H](C(=O)NCC(C)C)N(Cc1ccc(Cl)cc1)C(=O)Cc1ccc(C)c(C)c1. The van der Waals surface area contributed by atoms with Gasteiger partial charge in [0.15, 0.2) is 0 Å². The third-order valence-corrected chi connectivity index (χ3v) is 5.52. The minimum absolute atomic E-state index is 0.0558. The summed E-state index contributed by atoms with van der Waals surface area (Å²) >= 11 is 6.01. The molecule has 0 aliphatic rings. The van der Waals surface area contributed by atoms with Gasteiger partial charge in [0.2, 0.25) is 11.8 Å². The fourth-order valence-corrected chi connectivity index (χ4v) is 3.44. The predicted molar refractivity (Wildman–Crippen MR) is 124 cm³/mol. The molecule has 1 N–H and O–H groups in total. The number of carbonyl (C=O) groups excluding carboxylic acids is 2. The van der Waals surface area contributed by atoms with Crippen molar-refractivity contribution >= 4 is 23.4 Å². The summed E-state index contributed by atoms with van der Waals surface area (Å²) in [5.41, 5.74) is 4.26. The van der Waals surface area contributed by atoms with Crippen molar-refractivity contribution in [2.45, 2.75) is 60.0 Å². The summed E-state index contributed by atoms with van der Waals surface area (Å²) in [4.78, 5) is 27.9. The monoisotopic (exact) mass is 428 g/mol. The topological polar surface area (TPSA) is 49.4 Å². The first-order valence-corrected chi connectivity index (χ1v) is 11.0. The molecule has 0 radical (unpaired) electrons. The molecule has 0 saturated heterocycles. The van der Waals surface area contributed by atoms with Crippen molar-refractivity contribution in [3.8, 4) is 0 Å². The van der Waals surface area contributed by atoms with E-state index < -0.39 is 6.04 Å². The maximum atomic E-state index is 13.3. The van der Waals surface area contributed by atoms with Crippen LogP contribution in [0.2, 0.25) is 5.02 Å². The van der Waals surface area contributed by atoms with E-state index >= 15 is 0 Å². The molecule has 0 heterocycles. The first kappa shape index (κ1) is 23.9. The second-order valence-corrected chi connectivity index (χ2v) is 8.74. The van der Waals surface area contributed by atoms with Gasteiger partial charge in [-0.25, -0.2) is 0 Å². The minimum Gasteiger partial charge on any atom is -0.354 e. The zero-order valence-corrected chi connectivity index (χ0v) is 19.4. The molecule has 0 saturated carbocycles. The van der Waals surface area contributed by atoms with Crippen LogP contribution in [0.15, 0.2) is 42.5 Å². The summed E-state index contributed by atoms with van der Waals surface area (Å²) in [6.45, 7) is 11.1. The minimum atomic E-state index is -0.515. The van der Waals surface area contributed by atoms with Gasteiger partial charge in [0.05, 0.1) is 6.42 Å². The summed E-state index contributed by atoms with van der Waals surface area (Å²) in [5, 5.41) is 3.64. The van der Waals surface area contributed by atoms with Gasteiger partial charge in [-0.2, -0.15) is 0 Å². The van der Waals surface area contributed by atoms with Crippen LogP contribution in [0.25, 0.3) is 0 Å². The van der Waals surface area contributed by atoms with Gasteiger partial charge in [-0.15, -0.1) is 0 Å². The van der Waals surface area contributed by atoms with Crippen LogP contribution in [0, 0.1) is 19.8 Å². The van der Waals surface area contributed by atoms with Crippen LogP contribution in [-0.4, -0.2) is 29.3 Å². The maximum absolute atomic E-state index is 13.3. The second kappa shape index (κ2) is 11.2. The number of nitrogens with one attached hydrogen (secondary N) is 1. The number of nitrogens with zero attached hydrogens (tertiary/aromatic N) is 1. The molecule has 0 spiro atoms. The molecule has 0 aliphatic carbocycles. The molecule has 0 aliphatic heterocycles. The summed E-state index contributed by atoms with van der Waals surface area (Å²) in [7, 11) is 0. The Hall–Kier alpha value is -2.33. The number of rotatable bonds is 9. The van der Waals surface area contributed by atoms with Crippen LogP contribution in [0.1, 0.15) is 49.4 Å². The number of carbonyl (C=O) groups is 2. The molecule has 0 unspecified atom stereocenters. The lowest BCUT2D eigenvalue weighted by molar-refractivity contribution is -0.141. The molecule has 0 bridgehead atoms. The van der Waals surface area contributed by atoms with Gasteiger partial charge in [-0.3, -0.25) is 9.59 Å². The van der Waals surface area contributed by atoms with E-state index in [1.807, 2.05) is 56.3 Å². The van der Waals surface area contributed by atoms with Crippen LogP contribution < -0.4 is 5.32 Å². The number of halogens is 1. The smallest absolute Gasteiger partial charge is 0.242 e. The Morgan fingerprint density at radius 2 is 1.63 bits per heavy atom. The summed E-state index contributed by atoms with van der Waals surface area (Å²) < 4.78 is 0. The fraction of sp³-hybridized carbons (Fsp3) is 0.440. The van der Waals surface area contributed by atoms with Gasteiger partial charge in [0, 0.05) is 18.1 Å². The molecule has 2 amide bonds. The predicted octanol–water partition coefficient (Wildman–Crippen LogP) is 5.08. The molecule has 1 atom stereocenters. The van der Waals surface area contributed by atoms with E-state index in [2.05, 4.69) is 26.1 Å². The normalized spacial score (nSPS) is 12.0. The second-order valence-electron chi connectivity index (χ2n) is 8.31. The molecule has 0 aromatic heterocycles. The molecule has 162 valence electrons. The van der Waals surface area contributed by atoms with Crippen LogP contribution in [0.5, 0.6) is 0 Å². The Balaban J connectivity index is 2.27. The molecule has 2 rings (SSSR count). The lowest BCUT2D eigenvalue weighted by Gasteiger charge is -2.31. The lowest BCUT2D eigenvalue weighted by Crippen LogP contribution is -2.50. The highest BCUT2D eigenvalue weighted by Crippen LogP contribution is 2.18. The zero-order chi connectivity index (χ0) is 22.3. The number of aryl methyl sites for hydroxylation is 2. The van der Waals surface area contributed by atoms with Crippen molar-refractivity contribution in [1.82, 2.24) is 10.2 Å². The Morgan fingerprint density at radius 3 is 2.20 bits per heavy atom. The fourth-order valence-electron chi connectivity index (χ4n) is 3.32. The molecular weight excluding hydrogens is 396 g/mol. The highest BCUT2D eigenvalue weighted by atomic mass is 35.5. The average molecular weight is 429 g/mol. The largest absolute Gasteiger partial charge is 0.354 e. The summed E-state index contributed by atoms with van der Waals surface area (Å²) in [5.74, 6) is 0.191. The summed E-state index contributed by atoms with van der Waals surface area (Å²) in [6.07, 6.45) is 0.818. The van der Waals surface area contributed by atoms with E-state index in [9.17, 15) is 9.59 Å². The third-order valence-electron chi connectivity index (χ3n) is 5.26. The van der Waals surface area contributed by atoms with E-state index in [-0.39, 0.29) is 18.2 Å². The number of amides is 2. The molecule has 30 heavy (non-hydrogen) atoms. The van der Waals surface area contributed by atoms with E-state index in [4.69, 9.17) is 11.6 Å². The van der Waals surface area contributed by atoms with Crippen molar-refractivity contribution < 1.29 is 9.59 Å². The van der Waals surface area contributed by atoms with E-state index in [1.165, 1.54) is 5.56 Å². The van der Waals surface area contributed by atoms with E-state index in [1.54, 1.807) is 4.90 Å². The first-order valence-electron chi connectivity index (χ1n) is 10.6. The molecule has 2 aromatic carbocycles. The van der Waals surface area contributed by atoms with E-state index in [0.29, 0.717) is 30.5 Å². The molecule has 0 fully saturated rings. The molecule has 5 heteroatoms. The van der Waals surface area contributed by atoms with Crippen molar-refractivity contribution in [3.63, 3.8) is 0 Å². The number of benzene rings is 2. The standard InChI is InChI=1S/C25H33ClN2O2/c1-6-23(25(30)27-15-17(2)3)28(16-20-9-11-22(26)12-10-20)24(29)14-21-8-7-18(4)19(5)13-21/h7-13,17,23H,6,14-16H2,1-5H3,(H,27,30)/t23-/m0/s1. The number of hydrogen-bond acceptors (Lipinski definition) is 2. The van der Waals surface area contributed by atoms with Crippen molar-refractivity contribution in [1.29, 1.82) is 0 Å². The van der Waals surface area contributed by atoms with E-state index in [0.717, 1.165) is 16.7 Å². The Labute approximate surface area is 185 Å². The van der Waals surface area contributed by atoms with Gasteiger partial charge in [0.25, 0.3) is 0 Å². The van der Waals surface area contributed by atoms with Crippen LogP contribution in [0.3, 0.4) is 0 Å². The Morgan fingerprint density at radius 1 is 1.00 bits per heavy atom. The van der Waals surface area contributed by atoms with Crippen molar-refractivity contribution in [3.05, 3.63) is 69.7 Å². The average Bonchev–Trinajstić information content (AvgIpc) is 2.70. The van der Waals surface area contributed by atoms with Gasteiger partial charge in [-0.05, 0) is 60.6 Å². The quantitative estimate of drug-likeness (QED) is 0.605. The number of hydrogen-bond donors (Lipinski definition) is 1. The maximum Gasteiger partial charge on any atom is 0.242 e. The van der Waals surface area contributed by atoms with Gasteiger partial charge >= 0.3 is 0 Å². The third kappa shape index (κ3) is 6.88. The van der Waals surface area contributed by atoms with Gasteiger partial charge < -0.3 is 10.2 Å². The molecule has 2 aromatic rings. The Bertz CT molecular complexity index is 862. The first-order chi connectivity index (χ1) is 14.2. The highest BCUT2D eigenvalue weighted by Gasteiger charge is 2.28. The highest BCUT2D eigenvalue weighted by molar-refractivity contribution is 6.30. The van der Waals surface area contributed by atoms with Crippen LogP contribution in [0.4, 0.5) is 0 Å². The van der Waals surface area contributed by atoms with Gasteiger partial charge in [-0.1, -0.05) is 62.7 Å². The summed E-state index contributed by atoms with van der Waals surface area (Å²) in [6, 6.07) is 13.0. The Kier molecular flexibility index (Phi) is 8.91. The van der Waals surface area contributed by atoms with Crippen molar-refractivity contribution in [2.24, 2.45) is 5.92 Å².